The minimum Gasteiger partial charge on any atom is -0.507 e. The summed E-state index contributed by atoms with van der Waals surface area (Å²) in [7, 11) is 0. The van der Waals surface area contributed by atoms with E-state index in [2.05, 4.69) is 96.5 Å². The van der Waals surface area contributed by atoms with Gasteiger partial charge in [-0.3, -0.25) is 9.59 Å². The minimum atomic E-state index is -0.346. The van der Waals surface area contributed by atoms with Crippen molar-refractivity contribution in [2.24, 2.45) is 0 Å². The van der Waals surface area contributed by atoms with Gasteiger partial charge in [0.05, 0.1) is 23.3 Å². The lowest BCUT2D eigenvalue weighted by atomic mass is 9.81. The van der Waals surface area contributed by atoms with Crippen molar-refractivity contribution in [1.82, 2.24) is 4.31 Å². The summed E-state index contributed by atoms with van der Waals surface area (Å²) in [6.07, 6.45) is 0. The van der Waals surface area contributed by atoms with Crippen LogP contribution in [0, 0.1) is 0 Å². The van der Waals surface area contributed by atoms with Crippen molar-refractivity contribution in [1.29, 1.82) is 0 Å². The molecule has 0 atom stereocenters. The number of aromatic hydroxyl groups is 1. The molecule has 2 amide bonds. The van der Waals surface area contributed by atoms with Crippen LogP contribution in [-0.4, -0.2) is 21.2 Å². The summed E-state index contributed by atoms with van der Waals surface area (Å²) in [5.74, 6) is 0.445. The van der Waals surface area contributed by atoms with Crippen LogP contribution in [0.2, 0.25) is 0 Å². The average Bonchev–Trinajstić information content (AvgIpc) is 3.24. The minimum absolute atomic E-state index is 0.227. The molecule has 6 heteroatoms. The third-order valence-electron chi connectivity index (χ3n) is 8.41. The Hall–Kier alpha value is -4.03. The fourth-order valence-corrected chi connectivity index (χ4v) is 6.82. The van der Waals surface area contributed by atoms with Crippen LogP contribution in [0.4, 0.5) is 5.69 Å². The molecule has 4 aromatic carbocycles. The number of carbonyl (C=O) groups excluding carboxylic acids is 2. The van der Waals surface area contributed by atoms with E-state index in [4.69, 9.17) is 0 Å². The number of anilines is 1. The van der Waals surface area contributed by atoms with Gasteiger partial charge in [-0.25, -0.2) is 0 Å². The van der Waals surface area contributed by atoms with E-state index >= 15 is 0 Å². The highest BCUT2D eigenvalue weighted by atomic mass is 32.2. The first-order valence-electron chi connectivity index (χ1n) is 15.5. The van der Waals surface area contributed by atoms with Crippen molar-refractivity contribution in [3.8, 4) is 28.0 Å². The number of hydrogen-bond donors (Lipinski definition) is 2. The van der Waals surface area contributed by atoms with E-state index in [-0.39, 0.29) is 41.2 Å². The summed E-state index contributed by atoms with van der Waals surface area (Å²) >= 11 is 0.968. The molecule has 1 aliphatic heterocycles. The lowest BCUT2D eigenvalue weighted by Gasteiger charge is -2.25. The molecule has 2 N–H and O–H groups in total. The number of imide groups is 1. The molecule has 0 aromatic heterocycles. The summed E-state index contributed by atoms with van der Waals surface area (Å²) in [5.41, 5.74) is 9.63. The first kappa shape index (κ1) is 31.4. The van der Waals surface area contributed by atoms with Crippen molar-refractivity contribution >= 4 is 29.6 Å². The molecule has 1 aliphatic rings. The number of hydrogen-bond acceptors (Lipinski definition) is 5. The first-order chi connectivity index (χ1) is 20.9. The molecular formula is C38H42N2O3S. The molecule has 1 heterocycles. The molecule has 44 heavy (non-hydrogen) atoms. The number of benzene rings is 4. The molecule has 0 aliphatic carbocycles. The van der Waals surface area contributed by atoms with E-state index < -0.39 is 0 Å². The van der Waals surface area contributed by atoms with Crippen molar-refractivity contribution in [2.45, 2.75) is 79.1 Å². The zero-order chi connectivity index (χ0) is 31.9. The molecule has 0 radical (unpaired) electrons. The lowest BCUT2D eigenvalue weighted by molar-refractivity contribution is 0.0777. The maximum atomic E-state index is 13.1. The SMILES string of the molecule is CC(C)c1cccc(C(C)C)c1-c1cc(NSN2C(=O)c3ccccc3C2=O)cc(-c2c(C(C)C)cccc2C(C)C)c1O. The molecule has 228 valence electrons. The third-order valence-corrected chi connectivity index (χ3v) is 9.25. The van der Waals surface area contributed by atoms with Gasteiger partial charge in [-0.2, -0.15) is 4.31 Å². The standard InChI is InChI=1S/C38H42N2O3S/c1-21(2)26-15-11-16-27(22(3)4)34(26)32-19-25(39-44-40-37(42)30-13-9-10-14-31(30)38(40)43)20-33(36(32)41)35-28(23(5)6)17-12-18-29(35)24(7)8/h9-24,39,41H,1-8H3. The smallest absolute Gasteiger partial charge is 0.273 e. The molecule has 5 nitrogen and oxygen atoms in total. The van der Waals surface area contributed by atoms with Crippen LogP contribution in [0.15, 0.2) is 72.8 Å². The predicted molar refractivity (Wildman–Crippen MR) is 183 cm³/mol. The number of nitrogens with zero attached hydrogens (tertiary/aromatic N) is 1. The van der Waals surface area contributed by atoms with Crippen LogP contribution in [0.3, 0.4) is 0 Å². The van der Waals surface area contributed by atoms with Crippen LogP contribution in [-0.2, 0) is 0 Å². The molecule has 0 spiro atoms. The molecular weight excluding hydrogens is 564 g/mol. The molecule has 0 saturated heterocycles. The van der Waals surface area contributed by atoms with Crippen LogP contribution >= 0.6 is 12.1 Å². The van der Waals surface area contributed by atoms with Gasteiger partial charge < -0.3 is 9.83 Å². The predicted octanol–water partition coefficient (Wildman–Crippen LogP) is 10.5. The molecule has 4 aromatic rings. The van der Waals surface area contributed by atoms with Gasteiger partial charge in [0.25, 0.3) is 11.8 Å². The number of phenolic OH excluding ortho intramolecular Hbond substituents is 1. The van der Waals surface area contributed by atoms with E-state index in [1.54, 1.807) is 24.3 Å². The zero-order valence-electron chi connectivity index (χ0n) is 26.9. The number of amides is 2. The second-order valence-electron chi connectivity index (χ2n) is 12.8. The van der Waals surface area contributed by atoms with E-state index in [0.717, 1.165) is 56.6 Å². The largest absolute Gasteiger partial charge is 0.507 e. The van der Waals surface area contributed by atoms with E-state index in [1.165, 1.54) is 4.31 Å². The fourth-order valence-electron chi connectivity index (χ4n) is 6.15. The maximum Gasteiger partial charge on any atom is 0.273 e. The monoisotopic (exact) mass is 606 g/mol. The average molecular weight is 607 g/mol. The van der Waals surface area contributed by atoms with Gasteiger partial charge >= 0.3 is 0 Å². The normalized spacial score (nSPS) is 13.1. The summed E-state index contributed by atoms with van der Waals surface area (Å²) < 4.78 is 4.48. The van der Waals surface area contributed by atoms with Crippen LogP contribution in [0.25, 0.3) is 22.3 Å². The van der Waals surface area contributed by atoms with Gasteiger partial charge in [-0.1, -0.05) is 104 Å². The van der Waals surface area contributed by atoms with E-state index in [0.29, 0.717) is 16.8 Å². The highest BCUT2D eigenvalue weighted by Gasteiger charge is 2.36. The number of rotatable bonds is 9. The van der Waals surface area contributed by atoms with E-state index in [9.17, 15) is 14.7 Å². The first-order valence-corrected chi connectivity index (χ1v) is 16.2. The number of carbonyl (C=O) groups is 2. The summed E-state index contributed by atoms with van der Waals surface area (Å²) in [5, 5.41) is 12.3. The summed E-state index contributed by atoms with van der Waals surface area (Å²) in [4.78, 5) is 26.3. The lowest BCUT2D eigenvalue weighted by Crippen LogP contribution is -2.23. The van der Waals surface area contributed by atoms with Gasteiger partial charge in [0, 0.05) is 16.8 Å². The van der Waals surface area contributed by atoms with Crippen molar-refractivity contribution in [3.05, 3.63) is 106 Å². The zero-order valence-corrected chi connectivity index (χ0v) is 27.7. The Morgan fingerprint density at radius 2 is 0.932 bits per heavy atom. The second kappa shape index (κ2) is 12.5. The molecule has 0 bridgehead atoms. The molecule has 0 fully saturated rings. The quantitative estimate of drug-likeness (QED) is 0.113. The van der Waals surface area contributed by atoms with Gasteiger partial charge in [-0.05, 0) is 81.3 Å². The maximum absolute atomic E-state index is 13.1. The van der Waals surface area contributed by atoms with Crippen LogP contribution in [0.5, 0.6) is 5.75 Å². The highest BCUT2D eigenvalue weighted by molar-refractivity contribution is 7.99. The van der Waals surface area contributed by atoms with Crippen LogP contribution < -0.4 is 4.72 Å². The molecule has 5 rings (SSSR count). The highest BCUT2D eigenvalue weighted by Crippen LogP contribution is 2.49. The van der Waals surface area contributed by atoms with Crippen LogP contribution in [0.1, 0.15) is 122 Å². The Kier molecular flexibility index (Phi) is 8.94. The Balaban J connectivity index is 1.74. The topological polar surface area (TPSA) is 69.6 Å². The van der Waals surface area contributed by atoms with Gasteiger partial charge in [0.15, 0.2) is 0 Å². The van der Waals surface area contributed by atoms with Crippen molar-refractivity contribution < 1.29 is 14.7 Å². The fraction of sp³-hybridized carbons (Fsp3) is 0.316. The molecule has 0 saturated carbocycles. The Bertz CT molecular complexity index is 1570. The summed E-state index contributed by atoms with van der Waals surface area (Å²) in [6.45, 7) is 17.4. The number of phenols is 1. The number of nitrogens with one attached hydrogen (secondary N) is 1. The summed E-state index contributed by atoms with van der Waals surface area (Å²) in [6, 6.07) is 23.5. The van der Waals surface area contributed by atoms with Gasteiger partial charge in [0.2, 0.25) is 0 Å². The third kappa shape index (κ3) is 5.63. The van der Waals surface area contributed by atoms with E-state index in [1.807, 2.05) is 12.1 Å². The van der Waals surface area contributed by atoms with Crippen molar-refractivity contribution in [3.63, 3.8) is 0 Å². The molecule has 0 unspecified atom stereocenters. The van der Waals surface area contributed by atoms with Gasteiger partial charge in [-0.15, -0.1) is 0 Å². The Morgan fingerprint density at radius 1 is 0.568 bits per heavy atom. The Morgan fingerprint density at radius 3 is 1.27 bits per heavy atom. The second-order valence-corrected chi connectivity index (χ2v) is 13.6. The number of fused-ring (bicyclic) bond motifs is 1. The van der Waals surface area contributed by atoms with Gasteiger partial charge in [0.1, 0.15) is 5.75 Å². The Labute approximate surface area is 266 Å². The van der Waals surface area contributed by atoms with Crippen molar-refractivity contribution in [2.75, 3.05) is 4.72 Å².